The van der Waals surface area contributed by atoms with Crippen molar-refractivity contribution < 1.29 is 0 Å². The van der Waals surface area contributed by atoms with E-state index in [9.17, 15) is 0 Å². The van der Waals surface area contributed by atoms with Crippen molar-refractivity contribution in [1.29, 1.82) is 0 Å². The number of rotatable bonds is 12. The fourth-order valence-electron chi connectivity index (χ4n) is 5.79. The molecule has 0 nitrogen and oxygen atoms in total. The molecule has 0 saturated heterocycles. The third-order valence-corrected chi connectivity index (χ3v) is 32.3. The van der Waals surface area contributed by atoms with Gasteiger partial charge in [0.15, 0.2) is 0 Å². The Balaban J connectivity index is 6.42. The molecular formula is C24H52S2Si2. The van der Waals surface area contributed by atoms with Gasteiger partial charge in [-0.1, -0.05) is 96.9 Å². The van der Waals surface area contributed by atoms with Gasteiger partial charge in [-0.05, 0) is 55.9 Å². The summed E-state index contributed by atoms with van der Waals surface area (Å²) < 4.78 is 0. The molecule has 0 fully saturated rings. The van der Waals surface area contributed by atoms with Gasteiger partial charge in [0.2, 0.25) is 0 Å². The number of hydrogen-bond acceptors (Lipinski definition) is 2. The van der Waals surface area contributed by atoms with Crippen LogP contribution >= 0.6 is 22.4 Å². The van der Waals surface area contributed by atoms with Crippen LogP contribution in [0.2, 0.25) is 33.2 Å². The fraction of sp³-hybridized carbons (Fsp3) is 0.917. The van der Waals surface area contributed by atoms with Gasteiger partial charge in [-0.15, -0.1) is 0 Å². The van der Waals surface area contributed by atoms with Gasteiger partial charge in [0.25, 0.3) is 0 Å². The highest BCUT2D eigenvalue weighted by molar-refractivity contribution is 8.34. The number of allylic oxidation sites excluding steroid dienone is 2. The highest BCUT2D eigenvalue weighted by Crippen LogP contribution is 2.57. The van der Waals surface area contributed by atoms with E-state index in [4.69, 9.17) is 0 Å². The normalized spacial score (nSPS) is 15.0. The lowest BCUT2D eigenvalue weighted by molar-refractivity contribution is 0.850. The summed E-state index contributed by atoms with van der Waals surface area (Å²) >= 11 is 4.78. The van der Waals surface area contributed by atoms with Gasteiger partial charge in [0.1, 0.15) is 14.4 Å². The molecule has 0 N–H and O–H groups in total. The van der Waals surface area contributed by atoms with Crippen molar-refractivity contribution in [1.82, 2.24) is 0 Å². The van der Waals surface area contributed by atoms with Gasteiger partial charge in [0, 0.05) is 0 Å². The first-order chi connectivity index (χ1) is 12.7. The Bertz CT molecular complexity index is 403. The maximum atomic E-state index is 2.50. The molecule has 0 aromatic rings. The average molecular weight is 461 g/mol. The second-order valence-corrected chi connectivity index (χ2v) is 27.6. The second kappa shape index (κ2) is 12.0. The first-order valence-corrected chi connectivity index (χ1v) is 19.4. The van der Waals surface area contributed by atoms with Crippen LogP contribution in [0.4, 0.5) is 0 Å². The Kier molecular flexibility index (Phi) is 12.4. The number of hydrogen-bond donors (Lipinski definition) is 0. The summed E-state index contributed by atoms with van der Waals surface area (Å²) in [6.45, 7) is 34.8. The molecule has 0 unspecified atom stereocenters. The molecule has 168 valence electrons. The van der Waals surface area contributed by atoms with Gasteiger partial charge in [-0.2, -0.15) is 22.4 Å². The molecule has 0 aliphatic heterocycles. The molecule has 0 aliphatic rings. The Morgan fingerprint density at radius 3 is 0.750 bits per heavy atom. The maximum Gasteiger partial charge on any atom is 0.130 e. The van der Waals surface area contributed by atoms with Gasteiger partial charge in [0.05, 0.1) is 0 Å². The van der Waals surface area contributed by atoms with Crippen molar-refractivity contribution in [3.63, 3.8) is 0 Å². The lowest BCUT2D eigenvalue weighted by Crippen LogP contribution is -2.42. The van der Waals surface area contributed by atoms with Crippen LogP contribution in [0.15, 0.2) is 9.81 Å². The minimum atomic E-state index is -1.49. The first kappa shape index (κ1) is 28.9. The second-order valence-electron chi connectivity index (χ2n) is 10.4. The van der Waals surface area contributed by atoms with Crippen LogP contribution in [0.25, 0.3) is 0 Å². The molecule has 0 radical (unpaired) electrons. The third-order valence-electron chi connectivity index (χ3n) is 6.97. The van der Waals surface area contributed by atoms with Crippen LogP contribution in [-0.4, -0.2) is 14.4 Å². The van der Waals surface area contributed by atoms with E-state index in [1.807, 2.05) is 0 Å². The maximum absolute atomic E-state index is 2.50. The van der Waals surface area contributed by atoms with Crippen molar-refractivity contribution in [2.45, 2.75) is 143 Å². The van der Waals surface area contributed by atoms with Crippen molar-refractivity contribution in [3.8, 4) is 0 Å². The summed E-state index contributed by atoms with van der Waals surface area (Å²) in [6.07, 6.45) is 2.42. The largest absolute Gasteiger partial charge is 0.154 e. The third kappa shape index (κ3) is 5.97. The van der Waals surface area contributed by atoms with Crippen LogP contribution in [0.5, 0.6) is 0 Å². The summed E-state index contributed by atoms with van der Waals surface area (Å²) in [5, 5.41) is 0. The average Bonchev–Trinajstić information content (AvgIpc) is 2.55. The van der Waals surface area contributed by atoms with E-state index < -0.39 is 14.4 Å². The summed E-state index contributed by atoms with van der Waals surface area (Å²) in [6, 6.07) is 0. The molecule has 4 heteroatoms. The summed E-state index contributed by atoms with van der Waals surface area (Å²) in [7, 11) is -2.97. The lowest BCUT2D eigenvalue weighted by atomic mass is 10.3. The zero-order chi connectivity index (χ0) is 22.4. The van der Waals surface area contributed by atoms with Crippen LogP contribution < -0.4 is 0 Å². The van der Waals surface area contributed by atoms with Crippen molar-refractivity contribution >= 4 is 36.9 Å². The summed E-state index contributed by atoms with van der Waals surface area (Å²) in [4.78, 5) is 3.49. The molecule has 0 heterocycles. The molecule has 0 saturated carbocycles. The van der Waals surface area contributed by atoms with E-state index in [1.165, 1.54) is 12.8 Å². The van der Waals surface area contributed by atoms with Gasteiger partial charge < -0.3 is 0 Å². The van der Waals surface area contributed by atoms with Gasteiger partial charge >= 0.3 is 0 Å². The summed E-state index contributed by atoms with van der Waals surface area (Å²) in [5.74, 6) is 0. The van der Waals surface area contributed by atoms with E-state index in [0.717, 1.165) is 33.2 Å². The molecule has 0 rings (SSSR count). The molecule has 0 spiro atoms. The highest BCUT2D eigenvalue weighted by atomic mass is 32.4. The molecule has 28 heavy (non-hydrogen) atoms. The predicted octanol–water partition coefficient (Wildman–Crippen LogP) is 10.8. The molecule has 0 amide bonds. The Morgan fingerprint density at radius 2 is 0.643 bits per heavy atom. The van der Waals surface area contributed by atoms with E-state index in [1.54, 1.807) is 9.81 Å². The van der Waals surface area contributed by atoms with E-state index in [-0.39, 0.29) is 0 Å². The van der Waals surface area contributed by atoms with Crippen LogP contribution in [0.3, 0.4) is 0 Å². The molecule has 0 aromatic heterocycles. The van der Waals surface area contributed by atoms with Crippen LogP contribution in [0, 0.1) is 0 Å². The zero-order valence-electron chi connectivity index (χ0n) is 21.7. The smallest absolute Gasteiger partial charge is 0.130 e. The topological polar surface area (TPSA) is 0 Å². The first-order valence-electron chi connectivity index (χ1n) is 11.8. The quantitative estimate of drug-likeness (QED) is 0.265. The molecule has 0 atom stereocenters. The standard InChI is InChI=1S/C24H52S2Si2/c1-15-23(25-27(17(3)4,18(5)6)19(7)8)24(16-2)26-28(20(9)10,21(11)12)22(13)14/h17-22H,15-16H2,1-14H3/b24-23-. The van der Waals surface area contributed by atoms with E-state index in [0.29, 0.717) is 0 Å². The monoisotopic (exact) mass is 460 g/mol. The summed E-state index contributed by atoms with van der Waals surface area (Å²) in [5.41, 5.74) is 4.86. The van der Waals surface area contributed by atoms with Gasteiger partial charge in [-0.3, -0.25) is 0 Å². The highest BCUT2D eigenvalue weighted by Gasteiger charge is 2.47. The minimum Gasteiger partial charge on any atom is -0.154 e. The molecular weight excluding hydrogens is 409 g/mol. The minimum absolute atomic E-state index is 0.810. The molecule has 0 aromatic carbocycles. The van der Waals surface area contributed by atoms with Gasteiger partial charge in [-0.25, -0.2) is 0 Å². The zero-order valence-corrected chi connectivity index (χ0v) is 25.3. The Hall–Kier alpha value is 0.874. The van der Waals surface area contributed by atoms with E-state index >= 15 is 0 Å². The van der Waals surface area contributed by atoms with Crippen molar-refractivity contribution in [3.05, 3.63) is 9.81 Å². The van der Waals surface area contributed by atoms with Crippen LogP contribution in [0.1, 0.15) is 110 Å². The van der Waals surface area contributed by atoms with E-state index in [2.05, 4.69) is 119 Å². The Morgan fingerprint density at radius 1 is 0.464 bits per heavy atom. The molecule has 0 aliphatic carbocycles. The predicted molar refractivity (Wildman–Crippen MR) is 145 cm³/mol. The van der Waals surface area contributed by atoms with Crippen molar-refractivity contribution in [2.75, 3.05) is 0 Å². The lowest BCUT2D eigenvalue weighted by Gasteiger charge is -2.45. The van der Waals surface area contributed by atoms with Crippen molar-refractivity contribution in [2.24, 2.45) is 0 Å². The molecule has 0 bridgehead atoms. The van der Waals surface area contributed by atoms with Crippen LogP contribution in [-0.2, 0) is 0 Å². The SMILES string of the molecule is CC/C(S[Si](C(C)C)(C(C)C)C(C)C)=C(\CC)S[Si](C(C)C)(C(C)C)C(C)C. The Labute approximate surface area is 189 Å². The fourth-order valence-corrected chi connectivity index (χ4v) is 26.0.